The topological polar surface area (TPSA) is 90.1 Å². The average molecular weight is 618 g/mol. The monoisotopic (exact) mass is 617 g/mol. The van der Waals surface area contributed by atoms with Crippen molar-refractivity contribution in [1.82, 2.24) is 0 Å². The predicted molar refractivity (Wildman–Crippen MR) is 194 cm³/mol. The molecule has 0 rings (SSSR count). The lowest BCUT2D eigenvalue weighted by molar-refractivity contribution is -0.113. The smallest absolute Gasteiger partial charge is 0.155 e. The number of allylic oxidation sites excluding steroid dienone is 17. The Morgan fingerprint density at radius 3 is 1.73 bits per heavy atom. The summed E-state index contributed by atoms with van der Waals surface area (Å²) in [4.78, 5) is 15.7. The van der Waals surface area contributed by atoms with Crippen molar-refractivity contribution in [3.8, 4) is 0 Å². The average Bonchev–Trinajstić information content (AvgIpc) is 3.00. The van der Waals surface area contributed by atoms with Crippen molar-refractivity contribution in [2.75, 3.05) is 0 Å². The van der Waals surface area contributed by atoms with Gasteiger partial charge in [0.2, 0.25) is 0 Å². The summed E-state index contributed by atoms with van der Waals surface area (Å²) in [5, 5.41) is 31.5. The summed E-state index contributed by atoms with van der Waals surface area (Å²) in [7, 11) is 0. The first-order valence-electron chi connectivity index (χ1n) is 16.1. The van der Waals surface area contributed by atoms with Crippen molar-refractivity contribution < 1.29 is 20.1 Å². The molecule has 0 aliphatic rings. The summed E-state index contributed by atoms with van der Waals surface area (Å²) in [6.07, 6.45) is 36.8. The number of hydrogen-bond donors (Lipinski definition) is 3. The standard InChI is InChI=1S/C40H59NO4/c1-31(2)41-36(7)34(5)38(43)29-25-21-17-12-10-9-11-13-18-22-26-30-39(44)35(6)40(45)33(4)28-24-20-16-14-15-19-23-27-32(3)37(8)42/h9-15,17-19,21-28,30-31,33-35,38-40,43-45H,16,20,29H2,1-8H3/b10-9+,13-11+,15-14+,17-12+,22-18+,23-19+,25-21+,28-24+,30-26+,32-27+,41-36?. The maximum absolute atomic E-state index is 11.2. The van der Waals surface area contributed by atoms with Crippen molar-refractivity contribution in [2.45, 2.75) is 99.0 Å². The fourth-order valence-corrected chi connectivity index (χ4v) is 4.02. The minimum atomic E-state index is -0.750. The highest BCUT2D eigenvalue weighted by Crippen LogP contribution is 2.19. The van der Waals surface area contributed by atoms with E-state index in [0.29, 0.717) is 6.42 Å². The predicted octanol–water partition coefficient (Wildman–Crippen LogP) is 8.56. The number of nitrogens with zero attached hydrogens (tertiary/aromatic N) is 1. The van der Waals surface area contributed by atoms with Gasteiger partial charge in [0, 0.05) is 29.5 Å². The molecule has 0 aromatic carbocycles. The molecule has 0 fully saturated rings. The zero-order chi connectivity index (χ0) is 34.0. The summed E-state index contributed by atoms with van der Waals surface area (Å²) in [6.45, 7) is 15.2. The normalized spacial score (nSPS) is 18.5. The Morgan fingerprint density at radius 2 is 1.16 bits per heavy atom. The number of unbranched alkanes of at least 4 members (excludes halogenated alkanes) is 1. The molecule has 0 radical (unpaired) electrons. The van der Waals surface area contributed by atoms with Crippen LogP contribution in [0, 0.1) is 17.8 Å². The maximum Gasteiger partial charge on any atom is 0.155 e. The lowest BCUT2D eigenvalue weighted by Crippen LogP contribution is -2.32. The number of aliphatic hydroxyl groups is 3. The van der Waals surface area contributed by atoms with Crippen molar-refractivity contribution in [3.05, 3.63) is 121 Å². The molecule has 0 spiro atoms. The third-order valence-corrected chi connectivity index (χ3v) is 7.34. The summed E-state index contributed by atoms with van der Waals surface area (Å²) in [6, 6.07) is 0.240. The van der Waals surface area contributed by atoms with Crippen LogP contribution in [0.5, 0.6) is 0 Å². The largest absolute Gasteiger partial charge is 0.392 e. The lowest BCUT2D eigenvalue weighted by atomic mass is 9.88. The maximum atomic E-state index is 11.2. The molecule has 45 heavy (non-hydrogen) atoms. The second-order valence-electron chi connectivity index (χ2n) is 11.7. The zero-order valence-electron chi connectivity index (χ0n) is 28.8. The number of carbonyl (C=O) groups is 1. The second kappa shape index (κ2) is 25.9. The van der Waals surface area contributed by atoms with Gasteiger partial charge in [-0.05, 0) is 59.5 Å². The van der Waals surface area contributed by atoms with E-state index in [1.165, 1.54) is 0 Å². The quantitative estimate of drug-likeness (QED) is 0.0396. The summed E-state index contributed by atoms with van der Waals surface area (Å²) in [5.41, 5.74) is 1.72. The highest BCUT2D eigenvalue weighted by Gasteiger charge is 2.24. The SMILES string of the molecule is CC(=O)/C(C)=C/C=C/C=C/CC/C=C/C(C)C(O)C(C)C(O)/C=C/C=C/C=C/C=C/C=C/C=C/CC(O)C(C)C(C)=NC(C)C. The molecular weight excluding hydrogens is 558 g/mol. The molecule has 0 aliphatic heterocycles. The van der Waals surface area contributed by atoms with Gasteiger partial charge < -0.3 is 15.3 Å². The molecule has 6 unspecified atom stereocenters. The number of carbonyl (C=O) groups excluding carboxylic acids is 1. The fraction of sp³-hybridized carbons (Fsp3) is 0.450. The van der Waals surface area contributed by atoms with Crippen LogP contribution in [0.4, 0.5) is 0 Å². The molecule has 0 saturated heterocycles. The van der Waals surface area contributed by atoms with Gasteiger partial charge in [0.1, 0.15) is 0 Å². The highest BCUT2D eigenvalue weighted by atomic mass is 16.3. The number of rotatable bonds is 21. The first-order chi connectivity index (χ1) is 21.4. The van der Waals surface area contributed by atoms with E-state index in [4.69, 9.17) is 0 Å². The first-order valence-corrected chi connectivity index (χ1v) is 16.1. The van der Waals surface area contributed by atoms with E-state index in [0.717, 1.165) is 24.1 Å². The Balaban J connectivity index is 4.42. The van der Waals surface area contributed by atoms with Crippen LogP contribution in [0.1, 0.15) is 74.7 Å². The molecule has 5 heteroatoms. The van der Waals surface area contributed by atoms with E-state index in [2.05, 4.69) is 17.1 Å². The number of hydrogen-bond acceptors (Lipinski definition) is 5. The molecule has 6 atom stereocenters. The summed E-state index contributed by atoms with van der Waals surface area (Å²) in [5.74, 6) is -0.268. The van der Waals surface area contributed by atoms with Crippen LogP contribution in [0.2, 0.25) is 0 Å². The molecule has 0 aromatic rings. The Kier molecular flexibility index (Phi) is 24.0. The van der Waals surface area contributed by atoms with E-state index in [-0.39, 0.29) is 29.6 Å². The van der Waals surface area contributed by atoms with Gasteiger partial charge in [-0.3, -0.25) is 9.79 Å². The minimum Gasteiger partial charge on any atom is -0.392 e. The molecule has 3 N–H and O–H groups in total. The minimum absolute atomic E-state index is 0.0378. The van der Waals surface area contributed by atoms with Gasteiger partial charge in [-0.1, -0.05) is 136 Å². The van der Waals surface area contributed by atoms with Gasteiger partial charge in [-0.25, -0.2) is 0 Å². The van der Waals surface area contributed by atoms with Crippen molar-refractivity contribution in [1.29, 1.82) is 0 Å². The van der Waals surface area contributed by atoms with Gasteiger partial charge in [-0.15, -0.1) is 0 Å². The highest BCUT2D eigenvalue weighted by molar-refractivity contribution is 5.92. The Labute approximate surface area is 274 Å². The van der Waals surface area contributed by atoms with Crippen LogP contribution in [0.25, 0.3) is 0 Å². The second-order valence-corrected chi connectivity index (χ2v) is 11.7. The Hall–Kier alpha value is -3.38. The molecule has 0 heterocycles. The number of Topliss-reactive ketones (excluding diaryl/α,β-unsaturated/α-hetero) is 1. The van der Waals surface area contributed by atoms with Crippen LogP contribution < -0.4 is 0 Å². The third-order valence-electron chi connectivity index (χ3n) is 7.34. The van der Waals surface area contributed by atoms with Crippen LogP contribution in [-0.2, 0) is 4.79 Å². The molecule has 5 nitrogen and oxygen atoms in total. The Bertz CT molecular complexity index is 1160. The molecule has 0 aliphatic carbocycles. The lowest BCUT2D eigenvalue weighted by Gasteiger charge is -2.25. The third kappa shape index (κ3) is 21.9. The van der Waals surface area contributed by atoms with Crippen LogP contribution in [-0.4, -0.2) is 51.2 Å². The molecule has 248 valence electrons. The van der Waals surface area contributed by atoms with E-state index in [1.54, 1.807) is 32.1 Å². The molecular formula is C40H59NO4. The van der Waals surface area contributed by atoms with Gasteiger partial charge in [-0.2, -0.15) is 0 Å². The molecule has 0 saturated carbocycles. The van der Waals surface area contributed by atoms with Gasteiger partial charge in [0.15, 0.2) is 5.78 Å². The van der Waals surface area contributed by atoms with Crippen molar-refractivity contribution >= 4 is 11.5 Å². The van der Waals surface area contributed by atoms with E-state index < -0.39 is 18.3 Å². The van der Waals surface area contributed by atoms with Crippen molar-refractivity contribution in [3.63, 3.8) is 0 Å². The first kappa shape index (κ1) is 41.6. The summed E-state index contributed by atoms with van der Waals surface area (Å²) < 4.78 is 0. The number of aliphatic hydroxyl groups excluding tert-OH is 3. The van der Waals surface area contributed by atoms with E-state index >= 15 is 0 Å². The number of aliphatic imine (C=N–C) groups is 1. The van der Waals surface area contributed by atoms with Gasteiger partial charge >= 0.3 is 0 Å². The Morgan fingerprint density at radius 1 is 0.644 bits per heavy atom. The van der Waals surface area contributed by atoms with Crippen LogP contribution in [0.3, 0.4) is 0 Å². The van der Waals surface area contributed by atoms with Crippen LogP contribution >= 0.6 is 0 Å². The van der Waals surface area contributed by atoms with E-state index in [1.807, 2.05) is 127 Å². The van der Waals surface area contributed by atoms with Crippen LogP contribution in [0.15, 0.2) is 126 Å². The van der Waals surface area contributed by atoms with E-state index in [9.17, 15) is 20.1 Å². The number of ketones is 1. The molecule has 0 amide bonds. The molecule has 0 bridgehead atoms. The van der Waals surface area contributed by atoms with Gasteiger partial charge in [0.05, 0.1) is 18.3 Å². The molecule has 0 aromatic heterocycles. The van der Waals surface area contributed by atoms with Crippen molar-refractivity contribution in [2.24, 2.45) is 22.7 Å². The summed E-state index contributed by atoms with van der Waals surface area (Å²) >= 11 is 0. The zero-order valence-corrected chi connectivity index (χ0v) is 28.8. The fourth-order valence-electron chi connectivity index (χ4n) is 4.02. The van der Waals surface area contributed by atoms with Gasteiger partial charge in [0.25, 0.3) is 0 Å².